The van der Waals surface area contributed by atoms with Crippen LogP contribution in [0.4, 0.5) is 0 Å². The van der Waals surface area contributed by atoms with Crippen molar-refractivity contribution < 1.29 is 14.2 Å². The largest absolute Gasteiger partial charge is 0.379 e. The highest BCUT2D eigenvalue weighted by molar-refractivity contribution is 5.19. The van der Waals surface area contributed by atoms with Gasteiger partial charge in [-0.3, -0.25) is 0 Å². The molecule has 3 rings (SSSR count). The molecule has 3 aliphatic rings. The number of rotatable bonds is 2. The second-order valence-electron chi connectivity index (χ2n) is 6.07. The third-order valence-electron chi connectivity index (χ3n) is 4.57. The van der Waals surface area contributed by atoms with Crippen LogP contribution in [0.25, 0.3) is 0 Å². The van der Waals surface area contributed by atoms with Crippen LogP contribution >= 0.6 is 0 Å². The van der Waals surface area contributed by atoms with Crippen LogP contribution in [0.2, 0.25) is 0 Å². The molecule has 0 bridgehead atoms. The van der Waals surface area contributed by atoms with Gasteiger partial charge in [0.2, 0.25) is 0 Å². The summed E-state index contributed by atoms with van der Waals surface area (Å²) in [5.74, 6) is 0. The Balaban J connectivity index is 1.63. The summed E-state index contributed by atoms with van der Waals surface area (Å²) >= 11 is 0. The van der Waals surface area contributed by atoms with Crippen LogP contribution in [0.15, 0.2) is 11.1 Å². The zero-order chi connectivity index (χ0) is 13.1. The number of nitrogens with one attached hydrogen (secondary N) is 1. The Kier molecular flexibility index (Phi) is 4.22. The van der Waals surface area contributed by atoms with E-state index in [2.05, 4.69) is 12.2 Å². The van der Waals surface area contributed by atoms with Gasteiger partial charge in [-0.1, -0.05) is 11.1 Å². The Morgan fingerprint density at radius 1 is 1.32 bits per heavy atom. The van der Waals surface area contributed by atoms with Crippen molar-refractivity contribution in [2.45, 2.75) is 44.2 Å². The lowest BCUT2D eigenvalue weighted by molar-refractivity contribution is -0.0638. The van der Waals surface area contributed by atoms with E-state index in [9.17, 15) is 0 Å². The van der Waals surface area contributed by atoms with Crippen molar-refractivity contribution in [2.75, 3.05) is 39.6 Å². The molecule has 4 nitrogen and oxygen atoms in total. The predicted octanol–water partition coefficient (Wildman–Crippen LogP) is 1.65. The van der Waals surface area contributed by atoms with Gasteiger partial charge in [0.25, 0.3) is 0 Å². The van der Waals surface area contributed by atoms with Gasteiger partial charge in [-0.2, -0.15) is 0 Å². The van der Waals surface area contributed by atoms with E-state index in [4.69, 9.17) is 14.2 Å². The fourth-order valence-electron chi connectivity index (χ4n) is 3.39. The van der Waals surface area contributed by atoms with Crippen LogP contribution in [-0.4, -0.2) is 51.2 Å². The van der Waals surface area contributed by atoms with Gasteiger partial charge in [0.15, 0.2) is 0 Å². The van der Waals surface area contributed by atoms with Crippen molar-refractivity contribution >= 4 is 0 Å². The van der Waals surface area contributed by atoms with Crippen molar-refractivity contribution in [3.8, 4) is 0 Å². The third kappa shape index (κ3) is 3.19. The minimum Gasteiger partial charge on any atom is -0.379 e. The Bertz CT molecular complexity index is 341. The lowest BCUT2D eigenvalue weighted by Gasteiger charge is -2.35. The molecular weight excluding hydrogens is 242 g/mol. The van der Waals surface area contributed by atoms with E-state index in [0.29, 0.717) is 6.04 Å². The summed E-state index contributed by atoms with van der Waals surface area (Å²) in [7, 11) is 0. The van der Waals surface area contributed by atoms with E-state index in [-0.39, 0.29) is 5.60 Å². The normalized spacial score (nSPS) is 38.7. The highest BCUT2D eigenvalue weighted by Gasteiger charge is 2.39. The van der Waals surface area contributed by atoms with Gasteiger partial charge < -0.3 is 19.5 Å². The van der Waals surface area contributed by atoms with Crippen molar-refractivity contribution in [1.29, 1.82) is 0 Å². The monoisotopic (exact) mass is 267 g/mol. The molecule has 1 N–H and O–H groups in total. The average Bonchev–Trinajstić information content (AvgIpc) is 2.88. The van der Waals surface area contributed by atoms with E-state index in [0.717, 1.165) is 65.3 Å². The van der Waals surface area contributed by atoms with E-state index in [1.54, 1.807) is 5.57 Å². The molecule has 3 fully saturated rings. The summed E-state index contributed by atoms with van der Waals surface area (Å²) in [5.41, 5.74) is 3.10. The second-order valence-corrected chi connectivity index (χ2v) is 6.07. The van der Waals surface area contributed by atoms with Crippen LogP contribution in [0, 0.1) is 0 Å². The van der Waals surface area contributed by atoms with Crippen LogP contribution in [0.5, 0.6) is 0 Å². The summed E-state index contributed by atoms with van der Waals surface area (Å²) in [4.78, 5) is 0. The van der Waals surface area contributed by atoms with Crippen LogP contribution < -0.4 is 5.32 Å². The van der Waals surface area contributed by atoms with Gasteiger partial charge >= 0.3 is 0 Å². The molecule has 0 aromatic rings. The van der Waals surface area contributed by atoms with Crippen molar-refractivity contribution in [1.82, 2.24) is 5.32 Å². The molecular formula is C15H25NO3. The maximum absolute atomic E-state index is 6.00. The minimum atomic E-state index is -0.00859. The average molecular weight is 267 g/mol. The summed E-state index contributed by atoms with van der Waals surface area (Å²) in [6.45, 7) is 7.42. The fourth-order valence-corrected chi connectivity index (χ4v) is 3.39. The Hall–Kier alpha value is -0.420. The first-order chi connectivity index (χ1) is 9.27. The maximum atomic E-state index is 6.00. The predicted molar refractivity (Wildman–Crippen MR) is 73.3 cm³/mol. The molecule has 3 saturated heterocycles. The van der Waals surface area contributed by atoms with Crippen LogP contribution in [0.3, 0.4) is 0 Å². The molecule has 2 unspecified atom stereocenters. The molecule has 3 aliphatic heterocycles. The summed E-state index contributed by atoms with van der Waals surface area (Å²) in [6.07, 6.45) is 4.30. The first kappa shape index (κ1) is 13.6. The molecule has 0 saturated carbocycles. The van der Waals surface area contributed by atoms with Crippen LogP contribution in [0.1, 0.15) is 32.6 Å². The number of hydrogen-bond donors (Lipinski definition) is 1. The standard InChI is InChI=1S/C15H25NO3/c1-12(8-14-10-17-7-4-16-14)13-2-5-19-15(9-13)3-6-18-11-15/h14,16H,2-11H2,1H3. The van der Waals surface area contributed by atoms with E-state index < -0.39 is 0 Å². The minimum absolute atomic E-state index is 0.00859. The fraction of sp³-hybridized carbons (Fsp3) is 0.867. The van der Waals surface area contributed by atoms with E-state index in [1.165, 1.54) is 5.57 Å². The molecule has 0 amide bonds. The lowest BCUT2D eigenvalue weighted by Crippen LogP contribution is -2.42. The molecule has 1 spiro atoms. The Morgan fingerprint density at radius 3 is 3.00 bits per heavy atom. The smallest absolute Gasteiger partial charge is 0.0973 e. The van der Waals surface area contributed by atoms with Gasteiger partial charge in [-0.15, -0.1) is 0 Å². The molecule has 0 aromatic carbocycles. The van der Waals surface area contributed by atoms with Crippen molar-refractivity contribution in [3.05, 3.63) is 11.1 Å². The molecule has 2 atom stereocenters. The lowest BCUT2D eigenvalue weighted by atomic mass is 9.86. The topological polar surface area (TPSA) is 39.7 Å². The summed E-state index contributed by atoms with van der Waals surface area (Å²) in [5, 5.41) is 3.54. The molecule has 0 aliphatic carbocycles. The zero-order valence-electron chi connectivity index (χ0n) is 11.9. The zero-order valence-corrected chi connectivity index (χ0v) is 11.9. The van der Waals surface area contributed by atoms with Crippen molar-refractivity contribution in [2.24, 2.45) is 0 Å². The van der Waals surface area contributed by atoms with E-state index in [1.807, 2.05) is 0 Å². The molecule has 19 heavy (non-hydrogen) atoms. The number of morpholine rings is 1. The van der Waals surface area contributed by atoms with E-state index >= 15 is 0 Å². The number of ether oxygens (including phenoxy) is 3. The van der Waals surface area contributed by atoms with Gasteiger partial charge in [-0.05, 0) is 19.8 Å². The molecule has 108 valence electrons. The quantitative estimate of drug-likeness (QED) is 0.772. The third-order valence-corrected chi connectivity index (χ3v) is 4.57. The second kappa shape index (κ2) is 5.92. The van der Waals surface area contributed by atoms with Gasteiger partial charge in [-0.25, -0.2) is 0 Å². The summed E-state index contributed by atoms with van der Waals surface area (Å²) < 4.78 is 17.1. The number of hydrogen-bond acceptors (Lipinski definition) is 4. The highest BCUT2D eigenvalue weighted by Crippen LogP contribution is 2.37. The summed E-state index contributed by atoms with van der Waals surface area (Å²) in [6, 6.07) is 0.486. The first-order valence-electron chi connectivity index (χ1n) is 7.48. The molecule has 3 heterocycles. The Labute approximate surface area is 115 Å². The maximum Gasteiger partial charge on any atom is 0.0973 e. The molecule has 4 heteroatoms. The van der Waals surface area contributed by atoms with Gasteiger partial charge in [0.05, 0.1) is 32.0 Å². The van der Waals surface area contributed by atoms with Gasteiger partial charge in [0, 0.05) is 32.0 Å². The molecule has 0 radical (unpaired) electrons. The molecule has 0 aromatic heterocycles. The van der Waals surface area contributed by atoms with Gasteiger partial charge in [0.1, 0.15) is 0 Å². The highest BCUT2D eigenvalue weighted by atomic mass is 16.6. The van der Waals surface area contributed by atoms with Crippen LogP contribution in [-0.2, 0) is 14.2 Å². The SMILES string of the molecule is CC(CC1COCCN1)=C1CCOC2(CCOC2)C1. The Morgan fingerprint density at radius 2 is 2.26 bits per heavy atom. The van der Waals surface area contributed by atoms with Crippen molar-refractivity contribution in [3.63, 3.8) is 0 Å². The first-order valence-corrected chi connectivity index (χ1v) is 7.48.